The van der Waals surface area contributed by atoms with Gasteiger partial charge in [-0.05, 0) is 49.2 Å². The van der Waals surface area contributed by atoms with Crippen molar-refractivity contribution in [2.75, 3.05) is 26.2 Å². The third-order valence-electron chi connectivity index (χ3n) is 5.85. The van der Waals surface area contributed by atoms with Crippen LogP contribution in [0, 0.1) is 5.92 Å². The summed E-state index contributed by atoms with van der Waals surface area (Å²) < 4.78 is 2.02. The zero-order chi connectivity index (χ0) is 18.6. The van der Waals surface area contributed by atoms with E-state index in [0.29, 0.717) is 37.6 Å². The van der Waals surface area contributed by atoms with E-state index in [1.165, 1.54) is 19.3 Å². The van der Waals surface area contributed by atoms with Gasteiger partial charge in [-0.3, -0.25) is 9.59 Å². The summed E-state index contributed by atoms with van der Waals surface area (Å²) in [5, 5.41) is 0. The predicted molar refractivity (Wildman–Crippen MR) is 105 cm³/mol. The molecule has 0 bridgehead atoms. The zero-order valence-electron chi connectivity index (χ0n) is 15.7. The minimum absolute atomic E-state index is 0.0545. The van der Waals surface area contributed by atoms with Crippen molar-refractivity contribution in [3.05, 3.63) is 54.4 Å². The molecule has 4 rings (SSSR count). The van der Waals surface area contributed by atoms with E-state index in [4.69, 9.17) is 0 Å². The van der Waals surface area contributed by atoms with Gasteiger partial charge in [0.15, 0.2) is 0 Å². The largest absolute Gasteiger partial charge is 0.339 e. The maximum absolute atomic E-state index is 12.8. The molecule has 0 radical (unpaired) electrons. The number of hydrogen-bond donors (Lipinski definition) is 0. The molecule has 5 nitrogen and oxygen atoms in total. The lowest BCUT2D eigenvalue weighted by Gasteiger charge is -2.37. The second kappa shape index (κ2) is 7.99. The maximum Gasteiger partial charge on any atom is 0.253 e. The Bertz CT molecular complexity index is 768. The molecule has 2 aliphatic rings. The number of carbonyl (C=O) groups is 2. The summed E-state index contributed by atoms with van der Waals surface area (Å²) in [6, 6.07) is 11.7. The quantitative estimate of drug-likeness (QED) is 0.837. The lowest BCUT2D eigenvalue weighted by atomic mass is 9.88. The topological polar surface area (TPSA) is 45.6 Å². The van der Waals surface area contributed by atoms with Crippen LogP contribution in [0.5, 0.6) is 0 Å². The first kappa shape index (κ1) is 17.8. The Morgan fingerprint density at radius 2 is 1.37 bits per heavy atom. The molecule has 142 valence electrons. The van der Waals surface area contributed by atoms with E-state index in [2.05, 4.69) is 0 Å². The molecule has 2 aromatic rings. The fourth-order valence-corrected chi connectivity index (χ4v) is 4.20. The van der Waals surface area contributed by atoms with Gasteiger partial charge in [-0.1, -0.05) is 19.3 Å². The van der Waals surface area contributed by atoms with E-state index in [-0.39, 0.29) is 11.8 Å². The van der Waals surface area contributed by atoms with Crippen LogP contribution < -0.4 is 0 Å². The number of benzene rings is 1. The standard InChI is InChI=1S/C22H27N3O2/c26-21(18-6-2-1-3-7-18)24-14-16-25(17-15-24)22(27)19-8-10-20(11-9-19)23-12-4-5-13-23/h4-5,8-13,18H,1-3,6-7,14-17H2. The molecule has 0 unspecified atom stereocenters. The highest BCUT2D eigenvalue weighted by molar-refractivity contribution is 5.94. The molecule has 5 heteroatoms. The summed E-state index contributed by atoms with van der Waals surface area (Å²) >= 11 is 0. The van der Waals surface area contributed by atoms with E-state index < -0.39 is 0 Å². The van der Waals surface area contributed by atoms with Crippen LogP contribution in [0.4, 0.5) is 0 Å². The molecule has 2 heterocycles. The van der Waals surface area contributed by atoms with Gasteiger partial charge in [0, 0.05) is 55.7 Å². The van der Waals surface area contributed by atoms with Gasteiger partial charge >= 0.3 is 0 Å². The SMILES string of the molecule is O=C(c1ccc(-n2cccc2)cc1)N1CCN(C(=O)C2CCCCC2)CC1. The van der Waals surface area contributed by atoms with Gasteiger partial charge in [-0.15, -0.1) is 0 Å². The first-order valence-electron chi connectivity index (χ1n) is 10.0. The Hall–Kier alpha value is -2.56. The number of rotatable bonds is 3. The van der Waals surface area contributed by atoms with Crippen molar-refractivity contribution in [3.63, 3.8) is 0 Å². The lowest BCUT2D eigenvalue weighted by Crippen LogP contribution is -2.52. The summed E-state index contributed by atoms with van der Waals surface area (Å²) in [6.45, 7) is 2.55. The Morgan fingerprint density at radius 1 is 0.778 bits per heavy atom. The van der Waals surface area contributed by atoms with Crippen LogP contribution in [0.15, 0.2) is 48.8 Å². The van der Waals surface area contributed by atoms with Crippen molar-refractivity contribution in [1.82, 2.24) is 14.4 Å². The van der Waals surface area contributed by atoms with Gasteiger partial charge in [0.1, 0.15) is 0 Å². The number of amides is 2. The molecule has 1 saturated heterocycles. The van der Waals surface area contributed by atoms with Crippen LogP contribution >= 0.6 is 0 Å². The number of hydrogen-bond acceptors (Lipinski definition) is 2. The van der Waals surface area contributed by atoms with Crippen LogP contribution in [0.25, 0.3) is 5.69 Å². The number of aromatic nitrogens is 1. The van der Waals surface area contributed by atoms with Crippen LogP contribution in [0.1, 0.15) is 42.5 Å². The van der Waals surface area contributed by atoms with E-state index in [9.17, 15) is 9.59 Å². The molecule has 0 atom stereocenters. The first-order valence-corrected chi connectivity index (χ1v) is 10.0. The second-order valence-corrected chi connectivity index (χ2v) is 7.59. The smallest absolute Gasteiger partial charge is 0.253 e. The molecule has 2 amide bonds. The zero-order valence-corrected chi connectivity index (χ0v) is 15.7. The number of nitrogens with zero attached hydrogens (tertiary/aromatic N) is 3. The Morgan fingerprint density at radius 3 is 2.00 bits per heavy atom. The molecule has 1 saturated carbocycles. The first-order chi connectivity index (χ1) is 13.2. The summed E-state index contributed by atoms with van der Waals surface area (Å²) in [5.74, 6) is 0.568. The molecule has 0 N–H and O–H groups in total. The molecule has 1 aliphatic heterocycles. The molecule has 2 fully saturated rings. The van der Waals surface area contributed by atoms with Gasteiger partial charge in [-0.2, -0.15) is 0 Å². The molecule has 1 aliphatic carbocycles. The van der Waals surface area contributed by atoms with Gasteiger partial charge in [-0.25, -0.2) is 0 Å². The van der Waals surface area contributed by atoms with Crippen LogP contribution in [0.3, 0.4) is 0 Å². The van der Waals surface area contributed by atoms with Crippen molar-refractivity contribution < 1.29 is 9.59 Å². The van der Waals surface area contributed by atoms with Crippen molar-refractivity contribution in [2.24, 2.45) is 5.92 Å². The van der Waals surface area contributed by atoms with Gasteiger partial charge in [0.25, 0.3) is 5.91 Å². The fraction of sp³-hybridized carbons (Fsp3) is 0.455. The molecule has 1 aromatic heterocycles. The van der Waals surface area contributed by atoms with Crippen molar-refractivity contribution in [2.45, 2.75) is 32.1 Å². The average Bonchev–Trinajstić information content (AvgIpc) is 3.28. The monoisotopic (exact) mass is 365 g/mol. The van der Waals surface area contributed by atoms with Gasteiger partial charge < -0.3 is 14.4 Å². The van der Waals surface area contributed by atoms with E-state index in [0.717, 1.165) is 18.5 Å². The Labute approximate surface area is 160 Å². The highest BCUT2D eigenvalue weighted by Gasteiger charge is 2.29. The summed E-state index contributed by atoms with van der Waals surface area (Å²) in [6.07, 6.45) is 9.65. The third kappa shape index (κ3) is 3.92. The Balaban J connectivity index is 1.33. The fourth-order valence-electron chi connectivity index (χ4n) is 4.20. The van der Waals surface area contributed by atoms with Crippen molar-refractivity contribution in [3.8, 4) is 5.69 Å². The van der Waals surface area contributed by atoms with Crippen molar-refractivity contribution >= 4 is 11.8 Å². The minimum Gasteiger partial charge on any atom is -0.339 e. The van der Waals surface area contributed by atoms with Crippen molar-refractivity contribution in [1.29, 1.82) is 0 Å². The number of carbonyl (C=O) groups excluding carboxylic acids is 2. The normalized spacial score (nSPS) is 18.5. The highest BCUT2D eigenvalue weighted by Crippen LogP contribution is 2.26. The second-order valence-electron chi connectivity index (χ2n) is 7.59. The maximum atomic E-state index is 12.8. The highest BCUT2D eigenvalue weighted by atomic mass is 16.2. The van der Waals surface area contributed by atoms with Crippen LogP contribution in [-0.4, -0.2) is 52.4 Å². The van der Waals surface area contributed by atoms with Gasteiger partial charge in [0.05, 0.1) is 0 Å². The Kier molecular flexibility index (Phi) is 5.28. The summed E-state index contributed by atoms with van der Waals surface area (Å²) in [7, 11) is 0. The molecule has 27 heavy (non-hydrogen) atoms. The molecule has 1 aromatic carbocycles. The minimum atomic E-state index is 0.0545. The summed E-state index contributed by atoms with van der Waals surface area (Å²) in [5.41, 5.74) is 1.75. The average molecular weight is 365 g/mol. The third-order valence-corrected chi connectivity index (χ3v) is 5.85. The number of piperazine rings is 1. The van der Waals surface area contributed by atoms with E-state index in [1.54, 1.807) is 0 Å². The predicted octanol–water partition coefficient (Wildman–Crippen LogP) is 3.34. The van der Waals surface area contributed by atoms with Gasteiger partial charge in [0.2, 0.25) is 5.91 Å². The van der Waals surface area contributed by atoms with E-state index >= 15 is 0 Å². The summed E-state index contributed by atoms with van der Waals surface area (Å²) in [4.78, 5) is 29.3. The van der Waals surface area contributed by atoms with E-state index in [1.807, 2.05) is 63.2 Å². The molecule has 0 spiro atoms. The molecular formula is C22H27N3O2. The molecular weight excluding hydrogens is 338 g/mol. The van der Waals surface area contributed by atoms with Crippen LogP contribution in [-0.2, 0) is 4.79 Å². The lowest BCUT2D eigenvalue weighted by molar-refractivity contribution is -0.138. The van der Waals surface area contributed by atoms with Crippen LogP contribution in [0.2, 0.25) is 0 Å².